The summed E-state index contributed by atoms with van der Waals surface area (Å²) in [6.45, 7) is 7.06. The quantitative estimate of drug-likeness (QED) is 0.443. The number of nitrogens with one attached hydrogen (secondary N) is 1. The summed E-state index contributed by atoms with van der Waals surface area (Å²) in [5.41, 5.74) is 2.15. The van der Waals surface area contributed by atoms with E-state index in [0.717, 1.165) is 29.2 Å². The Kier molecular flexibility index (Phi) is 7.79. The van der Waals surface area contributed by atoms with Gasteiger partial charge in [0, 0.05) is 31.4 Å². The third kappa shape index (κ3) is 7.01. The Hall–Kier alpha value is -2.46. The Labute approximate surface area is 199 Å². The molecule has 0 atom stereocenters. The van der Waals surface area contributed by atoms with Gasteiger partial charge in [0.05, 0.1) is 11.3 Å². The molecule has 0 unspecified atom stereocenters. The van der Waals surface area contributed by atoms with Crippen LogP contribution in [0.2, 0.25) is 0 Å². The van der Waals surface area contributed by atoms with Crippen LogP contribution in [-0.2, 0) is 23.9 Å². The number of carboxylic acid groups (broad SMARTS) is 1. The number of carboxylic acids is 1. The Balaban J connectivity index is 1.71. The first-order chi connectivity index (χ1) is 15.4. The van der Waals surface area contributed by atoms with Crippen LogP contribution in [0.3, 0.4) is 0 Å². The third-order valence-corrected chi connectivity index (χ3v) is 7.27. The number of hydrogen-bond acceptors (Lipinski definition) is 6. The normalized spacial score (nSPS) is 14.4. The molecule has 1 aliphatic rings. The number of alkyl halides is 3. The van der Waals surface area contributed by atoms with E-state index in [9.17, 15) is 23.1 Å². The second-order valence-electron chi connectivity index (χ2n) is 8.31. The van der Waals surface area contributed by atoms with Crippen LogP contribution in [0, 0.1) is 0 Å². The van der Waals surface area contributed by atoms with Crippen molar-refractivity contribution in [3.63, 3.8) is 0 Å². The number of thiazole rings is 1. The van der Waals surface area contributed by atoms with E-state index in [4.69, 9.17) is 0 Å². The molecule has 0 saturated heterocycles. The number of nitrogens with zero attached hydrogens (tertiary/aromatic N) is 2. The van der Waals surface area contributed by atoms with Gasteiger partial charge in [0.1, 0.15) is 10.6 Å². The smallest absolute Gasteiger partial charge is 0.416 e. The van der Waals surface area contributed by atoms with E-state index < -0.39 is 22.5 Å². The summed E-state index contributed by atoms with van der Waals surface area (Å²) in [7, 11) is 0. The molecule has 1 aromatic heterocycles. The number of carbonyl (C=O) groups is 1. The number of allylic oxidation sites excluding steroid dienone is 2. The summed E-state index contributed by atoms with van der Waals surface area (Å²) < 4.78 is 38.4. The van der Waals surface area contributed by atoms with Crippen molar-refractivity contribution in [3.8, 4) is 0 Å². The predicted molar refractivity (Wildman–Crippen MR) is 125 cm³/mol. The maximum Gasteiger partial charge on any atom is 0.416 e. The Morgan fingerprint density at radius 1 is 1.24 bits per heavy atom. The number of dihydropyridines is 1. The van der Waals surface area contributed by atoms with Gasteiger partial charge in [0.15, 0.2) is 4.34 Å². The molecule has 0 bridgehead atoms. The van der Waals surface area contributed by atoms with Gasteiger partial charge in [0.2, 0.25) is 0 Å². The van der Waals surface area contributed by atoms with Crippen LogP contribution >= 0.6 is 23.1 Å². The first-order valence-corrected chi connectivity index (χ1v) is 12.0. The van der Waals surface area contributed by atoms with Gasteiger partial charge in [-0.1, -0.05) is 35.5 Å². The molecule has 0 spiro atoms. The molecule has 0 radical (unpaired) electrons. The van der Waals surface area contributed by atoms with Crippen molar-refractivity contribution < 1.29 is 23.1 Å². The zero-order valence-corrected chi connectivity index (χ0v) is 20.2. The highest BCUT2D eigenvalue weighted by molar-refractivity contribution is 8.02. The van der Waals surface area contributed by atoms with Crippen LogP contribution in [-0.4, -0.2) is 38.8 Å². The average Bonchev–Trinajstić information content (AvgIpc) is 3.18. The number of aliphatic carboxylic acids is 1. The van der Waals surface area contributed by atoms with Crippen molar-refractivity contribution >= 4 is 29.1 Å². The van der Waals surface area contributed by atoms with E-state index in [1.807, 2.05) is 24.5 Å². The molecule has 1 aliphatic heterocycles. The molecular formula is C23H26F3N3O2S2. The Morgan fingerprint density at radius 2 is 1.94 bits per heavy atom. The van der Waals surface area contributed by atoms with Crippen molar-refractivity contribution in [2.24, 2.45) is 0 Å². The number of halogens is 3. The van der Waals surface area contributed by atoms with Gasteiger partial charge in [-0.05, 0) is 44.5 Å². The van der Waals surface area contributed by atoms with E-state index in [1.165, 1.54) is 40.8 Å². The highest BCUT2D eigenvalue weighted by atomic mass is 32.2. The molecule has 0 fully saturated rings. The molecule has 178 valence electrons. The summed E-state index contributed by atoms with van der Waals surface area (Å²) in [5, 5.41) is 14.6. The lowest BCUT2D eigenvalue weighted by atomic mass is 10.1. The van der Waals surface area contributed by atoms with Gasteiger partial charge in [-0.2, -0.15) is 13.2 Å². The summed E-state index contributed by atoms with van der Waals surface area (Å²) >= 11 is 2.63. The molecule has 10 heteroatoms. The molecule has 0 amide bonds. The highest BCUT2D eigenvalue weighted by Crippen LogP contribution is 2.35. The van der Waals surface area contributed by atoms with Gasteiger partial charge in [0.25, 0.3) is 0 Å². The van der Waals surface area contributed by atoms with E-state index in [0.29, 0.717) is 30.4 Å². The molecule has 0 saturated carbocycles. The second kappa shape index (κ2) is 10.2. The molecule has 2 heterocycles. The van der Waals surface area contributed by atoms with E-state index >= 15 is 0 Å². The fourth-order valence-electron chi connectivity index (χ4n) is 3.05. The van der Waals surface area contributed by atoms with Crippen LogP contribution in [0.1, 0.15) is 37.6 Å². The predicted octanol–water partition coefficient (Wildman–Crippen LogP) is 5.55. The van der Waals surface area contributed by atoms with Crippen LogP contribution in [0.5, 0.6) is 0 Å². The largest absolute Gasteiger partial charge is 0.480 e. The lowest BCUT2D eigenvalue weighted by molar-refractivity contribution is -0.139. The fraction of sp³-hybridized carbons (Fsp3) is 0.391. The highest BCUT2D eigenvalue weighted by Gasteiger charge is 2.31. The van der Waals surface area contributed by atoms with Crippen LogP contribution in [0.4, 0.5) is 13.2 Å². The molecule has 3 rings (SSSR count). The lowest BCUT2D eigenvalue weighted by Gasteiger charge is -2.30. The number of benzene rings is 1. The third-order valence-electron chi connectivity index (χ3n) is 5.10. The number of thioether (sulfide) groups is 1. The Bertz CT molecular complexity index is 1040. The first-order valence-electron chi connectivity index (χ1n) is 10.3. The maximum absolute atomic E-state index is 12.9. The maximum atomic E-state index is 12.9. The zero-order valence-electron chi connectivity index (χ0n) is 18.6. The van der Waals surface area contributed by atoms with Gasteiger partial charge in [-0.25, -0.2) is 4.98 Å². The van der Waals surface area contributed by atoms with Crippen molar-refractivity contribution in [1.29, 1.82) is 0 Å². The summed E-state index contributed by atoms with van der Waals surface area (Å²) in [5.74, 6) is 0.00274. The topological polar surface area (TPSA) is 65.5 Å². The van der Waals surface area contributed by atoms with Gasteiger partial charge in [-0.15, -0.1) is 11.3 Å². The number of aromatic nitrogens is 1. The number of hydrogen-bond donors (Lipinski definition) is 2. The van der Waals surface area contributed by atoms with Crippen molar-refractivity contribution in [2.75, 3.05) is 13.1 Å². The van der Waals surface area contributed by atoms with Crippen molar-refractivity contribution in [1.82, 2.24) is 15.2 Å². The van der Waals surface area contributed by atoms with Gasteiger partial charge < -0.3 is 15.3 Å². The van der Waals surface area contributed by atoms with Crippen LogP contribution < -0.4 is 5.32 Å². The number of rotatable bonds is 9. The monoisotopic (exact) mass is 497 g/mol. The second-order valence-corrected chi connectivity index (χ2v) is 11.0. The average molecular weight is 498 g/mol. The molecule has 2 aromatic rings. The van der Waals surface area contributed by atoms with Gasteiger partial charge in [-0.3, -0.25) is 4.79 Å². The SMILES string of the molecule is CC1=CC=C(N(CCc2csc(SC(C)(C)C(=O)O)n2)Cc2ccc(C(F)(F)F)cc2)NC1. The zero-order chi connectivity index (χ0) is 24.2. The summed E-state index contributed by atoms with van der Waals surface area (Å²) in [6, 6.07) is 5.22. The van der Waals surface area contributed by atoms with Crippen molar-refractivity contribution in [3.05, 3.63) is 70.0 Å². The molecule has 1 aromatic carbocycles. The van der Waals surface area contributed by atoms with E-state index in [2.05, 4.69) is 15.2 Å². The minimum atomic E-state index is -4.36. The summed E-state index contributed by atoms with van der Waals surface area (Å²) in [4.78, 5) is 18.0. The van der Waals surface area contributed by atoms with E-state index in [-0.39, 0.29) is 0 Å². The minimum Gasteiger partial charge on any atom is -0.480 e. The van der Waals surface area contributed by atoms with Crippen LogP contribution in [0.15, 0.2) is 57.5 Å². The van der Waals surface area contributed by atoms with E-state index in [1.54, 1.807) is 13.8 Å². The molecule has 2 N–H and O–H groups in total. The molecule has 33 heavy (non-hydrogen) atoms. The van der Waals surface area contributed by atoms with Gasteiger partial charge >= 0.3 is 12.1 Å². The van der Waals surface area contributed by atoms with Crippen LogP contribution in [0.25, 0.3) is 0 Å². The lowest BCUT2D eigenvalue weighted by Crippen LogP contribution is -2.35. The van der Waals surface area contributed by atoms with Crippen molar-refractivity contribution in [2.45, 2.75) is 49.0 Å². The summed E-state index contributed by atoms with van der Waals surface area (Å²) in [6.07, 6.45) is 0.258. The standard InChI is InChI=1S/C23H26F3N3O2S2/c1-15-4-9-19(27-12-15)29(13-16-5-7-17(8-6-16)23(24,25)26)11-10-18-14-32-21(28-18)33-22(2,3)20(30)31/h4-9,14,27H,10-13H2,1-3H3,(H,30,31). The fourth-order valence-corrected chi connectivity index (χ4v) is 5.28. The Morgan fingerprint density at radius 3 is 2.52 bits per heavy atom. The molecule has 0 aliphatic carbocycles. The molecular weight excluding hydrogens is 471 g/mol. The molecule has 5 nitrogen and oxygen atoms in total. The minimum absolute atomic E-state index is 0.446. The first kappa shape index (κ1) is 25.2.